The molecule has 76 valence electrons. The number of aliphatic imine (C=N–C) groups is 1. The molecule has 0 unspecified atom stereocenters. The van der Waals surface area contributed by atoms with Crippen LogP contribution in [0.5, 0.6) is 0 Å². The molecule has 0 aliphatic heterocycles. The monoisotopic (exact) mass is 219 g/mol. The Balaban J connectivity index is 2.14. The van der Waals surface area contributed by atoms with Gasteiger partial charge in [-0.3, -0.25) is 4.99 Å². The first-order valence-electron chi connectivity index (χ1n) is 4.60. The van der Waals surface area contributed by atoms with Gasteiger partial charge >= 0.3 is 0 Å². The van der Waals surface area contributed by atoms with Gasteiger partial charge < -0.3 is 0 Å². The highest BCUT2D eigenvalue weighted by molar-refractivity contribution is 7.13. The Morgan fingerprint density at radius 3 is 2.47 bits per heavy atom. The number of nitrogens with zero attached hydrogens (tertiary/aromatic N) is 1. The minimum Gasteiger partial charge on any atom is -0.255 e. The van der Waals surface area contributed by atoms with E-state index in [0.717, 1.165) is 10.6 Å². The molecule has 0 atom stereocenters. The first kappa shape index (κ1) is 10.1. The van der Waals surface area contributed by atoms with Gasteiger partial charge in [0.1, 0.15) is 5.82 Å². The van der Waals surface area contributed by atoms with Crippen molar-refractivity contribution >= 4 is 23.2 Å². The van der Waals surface area contributed by atoms with Crippen molar-refractivity contribution in [2.45, 2.75) is 6.92 Å². The molecule has 1 heterocycles. The van der Waals surface area contributed by atoms with Gasteiger partial charge in [0, 0.05) is 16.0 Å². The standard InChI is InChI=1S/C12H10FNS/c1-9-2-7-12(15-9)8-14-11-5-3-10(13)4-6-11/h2-8H,1H3. The molecular formula is C12H10FNS. The summed E-state index contributed by atoms with van der Waals surface area (Å²) in [5.74, 6) is -0.235. The van der Waals surface area contributed by atoms with Crippen LogP contribution in [-0.4, -0.2) is 6.21 Å². The van der Waals surface area contributed by atoms with Crippen LogP contribution in [0.3, 0.4) is 0 Å². The molecule has 0 spiro atoms. The summed E-state index contributed by atoms with van der Waals surface area (Å²) in [6, 6.07) is 10.2. The molecular weight excluding hydrogens is 209 g/mol. The lowest BCUT2D eigenvalue weighted by Crippen LogP contribution is -1.73. The van der Waals surface area contributed by atoms with E-state index in [-0.39, 0.29) is 5.82 Å². The largest absolute Gasteiger partial charge is 0.255 e. The van der Waals surface area contributed by atoms with Crippen LogP contribution in [0.15, 0.2) is 41.4 Å². The third-order valence-corrected chi connectivity index (χ3v) is 2.86. The number of aryl methyl sites for hydroxylation is 1. The second kappa shape index (κ2) is 4.36. The van der Waals surface area contributed by atoms with E-state index in [0.29, 0.717) is 0 Å². The zero-order chi connectivity index (χ0) is 10.7. The fraction of sp³-hybridized carbons (Fsp3) is 0.0833. The minimum absolute atomic E-state index is 0.235. The van der Waals surface area contributed by atoms with Crippen molar-refractivity contribution in [3.8, 4) is 0 Å². The number of hydrogen-bond donors (Lipinski definition) is 0. The average Bonchev–Trinajstić information content (AvgIpc) is 2.64. The summed E-state index contributed by atoms with van der Waals surface area (Å²) in [6.45, 7) is 2.06. The van der Waals surface area contributed by atoms with Crippen molar-refractivity contribution in [1.29, 1.82) is 0 Å². The van der Waals surface area contributed by atoms with Crippen LogP contribution in [0, 0.1) is 12.7 Å². The van der Waals surface area contributed by atoms with Gasteiger partial charge in [0.2, 0.25) is 0 Å². The maximum atomic E-state index is 12.6. The molecule has 0 saturated heterocycles. The molecule has 2 aromatic rings. The Kier molecular flexibility index (Phi) is 2.92. The van der Waals surface area contributed by atoms with E-state index in [9.17, 15) is 4.39 Å². The lowest BCUT2D eigenvalue weighted by Gasteiger charge is -1.91. The van der Waals surface area contributed by atoms with Gasteiger partial charge in [-0.05, 0) is 43.3 Å². The van der Waals surface area contributed by atoms with E-state index < -0.39 is 0 Å². The van der Waals surface area contributed by atoms with E-state index >= 15 is 0 Å². The van der Waals surface area contributed by atoms with Crippen molar-refractivity contribution in [3.63, 3.8) is 0 Å². The predicted molar refractivity (Wildman–Crippen MR) is 62.7 cm³/mol. The maximum Gasteiger partial charge on any atom is 0.123 e. The normalized spacial score (nSPS) is 11.1. The number of rotatable bonds is 2. The maximum absolute atomic E-state index is 12.6. The topological polar surface area (TPSA) is 12.4 Å². The zero-order valence-electron chi connectivity index (χ0n) is 8.27. The molecule has 1 aromatic carbocycles. The number of hydrogen-bond acceptors (Lipinski definition) is 2. The Morgan fingerprint density at radius 1 is 1.13 bits per heavy atom. The molecule has 15 heavy (non-hydrogen) atoms. The highest BCUT2D eigenvalue weighted by Gasteiger charge is 1.93. The Labute approximate surface area is 91.9 Å². The lowest BCUT2D eigenvalue weighted by molar-refractivity contribution is 0.628. The highest BCUT2D eigenvalue weighted by Crippen LogP contribution is 2.16. The molecule has 0 saturated carbocycles. The van der Waals surface area contributed by atoms with Gasteiger partial charge in [0.25, 0.3) is 0 Å². The quantitative estimate of drug-likeness (QED) is 0.678. The van der Waals surface area contributed by atoms with Gasteiger partial charge in [-0.15, -0.1) is 11.3 Å². The van der Waals surface area contributed by atoms with Gasteiger partial charge in [-0.2, -0.15) is 0 Å². The second-order valence-electron chi connectivity index (χ2n) is 3.18. The van der Waals surface area contributed by atoms with Crippen LogP contribution in [0.2, 0.25) is 0 Å². The van der Waals surface area contributed by atoms with Crippen molar-refractivity contribution in [1.82, 2.24) is 0 Å². The molecule has 3 heteroatoms. The fourth-order valence-corrected chi connectivity index (χ4v) is 1.94. The van der Waals surface area contributed by atoms with Crippen LogP contribution >= 0.6 is 11.3 Å². The van der Waals surface area contributed by atoms with Crippen LogP contribution in [0.1, 0.15) is 9.75 Å². The van der Waals surface area contributed by atoms with Gasteiger partial charge in [0.15, 0.2) is 0 Å². The smallest absolute Gasteiger partial charge is 0.123 e. The summed E-state index contributed by atoms with van der Waals surface area (Å²) in [6.07, 6.45) is 1.80. The average molecular weight is 219 g/mol. The lowest BCUT2D eigenvalue weighted by atomic mass is 10.3. The summed E-state index contributed by atoms with van der Waals surface area (Å²) >= 11 is 1.69. The minimum atomic E-state index is -0.235. The summed E-state index contributed by atoms with van der Waals surface area (Å²) in [7, 11) is 0. The van der Waals surface area contributed by atoms with Crippen molar-refractivity contribution in [3.05, 3.63) is 52.0 Å². The molecule has 0 fully saturated rings. The zero-order valence-corrected chi connectivity index (χ0v) is 9.09. The number of benzene rings is 1. The Hall–Kier alpha value is -1.48. The third kappa shape index (κ3) is 2.73. The Morgan fingerprint density at radius 2 is 1.87 bits per heavy atom. The van der Waals surface area contributed by atoms with E-state index in [1.165, 1.54) is 17.0 Å². The SMILES string of the molecule is Cc1ccc(C=Nc2ccc(F)cc2)s1. The van der Waals surface area contributed by atoms with Crippen molar-refractivity contribution in [2.75, 3.05) is 0 Å². The molecule has 2 rings (SSSR count). The predicted octanol–water partition coefficient (Wildman–Crippen LogP) is 3.95. The Bertz CT molecular complexity index is 471. The van der Waals surface area contributed by atoms with Crippen LogP contribution in [-0.2, 0) is 0 Å². The summed E-state index contributed by atoms with van der Waals surface area (Å²) in [5, 5.41) is 0. The van der Waals surface area contributed by atoms with Crippen molar-refractivity contribution in [2.24, 2.45) is 4.99 Å². The highest BCUT2D eigenvalue weighted by atomic mass is 32.1. The molecule has 1 nitrogen and oxygen atoms in total. The number of halogens is 1. The molecule has 0 aliphatic rings. The van der Waals surface area contributed by atoms with Crippen molar-refractivity contribution < 1.29 is 4.39 Å². The van der Waals surface area contributed by atoms with Crippen LogP contribution < -0.4 is 0 Å². The first-order chi connectivity index (χ1) is 7.24. The molecule has 1 aromatic heterocycles. The molecule has 0 amide bonds. The number of thiophene rings is 1. The molecule has 0 aliphatic carbocycles. The molecule has 0 bridgehead atoms. The van der Waals surface area contributed by atoms with Gasteiger partial charge in [0.05, 0.1) is 5.69 Å². The van der Waals surface area contributed by atoms with Crippen LogP contribution in [0.4, 0.5) is 10.1 Å². The summed E-state index contributed by atoms with van der Waals surface area (Å²) in [4.78, 5) is 6.62. The van der Waals surface area contributed by atoms with E-state index in [2.05, 4.69) is 18.0 Å². The third-order valence-electron chi connectivity index (χ3n) is 1.93. The van der Waals surface area contributed by atoms with E-state index in [4.69, 9.17) is 0 Å². The van der Waals surface area contributed by atoms with E-state index in [1.54, 1.807) is 29.7 Å². The van der Waals surface area contributed by atoms with E-state index in [1.807, 2.05) is 6.07 Å². The molecule has 0 N–H and O–H groups in total. The van der Waals surface area contributed by atoms with Crippen LogP contribution in [0.25, 0.3) is 0 Å². The van der Waals surface area contributed by atoms with Gasteiger partial charge in [-0.25, -0.2) is 4.39 Å². The fourth-order valence-electron chi connectivity index (χ4n) is 1.19. The first-order valence-corrected chi connectivity index (χ1v) is 5.42. The summed E-state index contributed by atoms with van der Waals surface area (Å²) in [5.41, 5.74) is 0.766. The second-order valence-corrected chi connectivity index (χ2v) is 4.50. The van der Waals surface area contributed by atoms with Gasteiger partial charge in [-0.1, -0.05) is 0 Å². The summed E-state index contributed by atoms with van der Waals surface area (Å²) < 4.78 is 12.6. The molecule has 0 radical (unpaired) electrons.